The Kier molecular flexibility index (Phi) is 4.39. The van der Waals surface area contributed by atoms with Gasteiger partial charge in [-0.05, 0) is 6.07 Å². The van der Waals surface area contributed by atoms with Crippen molar-refractivity contribution in [1.29, 1.82) is 0 Å². The highest BCUT2D eigenvalue weighted by Gasteiger charge is 2.17. The summed E-state index contributed by atoms with van der Waals surface area (Å²) < 4.78 is 0. The van der Waals surface area contributed by atoms with Gasteiger partial charge in [0.05, 0.1) is 17.0 Å². The zero-order chi connectivity index (χ0) is 18.8. The number of aromatic amines is 1. The van der Waals surface area contributed by atoms with Gasteiger partial charge in [-0.25, -0.2) is 4.98 Å². The Labute approximate surface area is 157 Å². The van der Waals surface area contributed by atoms with E-state index in [1.165, 1.54) is 17.4 Å². The van der Waals surface area contributed by atoms with E-state index in [2.05, 4.69) is 15.3 Å². The van der Waals surface area contributed by atoms with Crippen LogP contribution >= 0.6 is 11.3 Å². The van der Waals surface area contributed by atoms with Crippen molar-refractivity contribution in [3.05, 3.63) is 75.8 Å². The Bertz CT molecular complexity index is 1150. The number of fused-ring (bicyclic) bond motifs is 1. The lowest BCUT2D eigenvalue weighted by Crippen LogP contribution is -2.15. The quantitative estimate of drug-likeness (QED) is 0.397. The predicted octanol–water partition coefficient (Wildman–Crippen LogP) is 4.38. The molecule has 0 fully saturated rings. The molecular formula is C19H14N4O3S. The average molecular weight is 378 g/mol. The van der Waals surface area contributed by atoms with Crippen LogP contribution in [0, 0.1) is 10.1 Å². The van der Waals surface area contributed by atoms with Crippen molar-refractivity contribution in [3.63, 3.8) is 0 Å². The summed E-state index contributed by atoms with van der Waals surface area (Å²) in [6.45, 7) is 0. The van der Waals surface area contributed by atoms with Gasteiger partial charge in [0.25, 0.3) is 5.69 Å². The van der Waals surface area contributed by atoms with E-state index in [9.17, 15) is 14.9 Å². The average Bonchev–Trinajstić information content (AvgIpc) is 3.28. The smallest absolute Gasteiger partial charge is 0.273 e. The summed E-state index contributed by atoms with van der Waals surface area (Å²) >= 11 is 1.31. The lowest BCUT2D eigenvalue weighted by Gasteiger charge is -2.03. The summed E-state index contributed by atoms with van der Waals surface area (Å²) in [7, 11) is 0. The third-order valence-electron chi connectivity index (χ3n) is 4.16. The molecule has 0 aliphatic rings. The van der Waals surface area contributed by atoms with Crippen LogP contribution in [0.1, 0.15) is 5.56 Å². The lowest BCUT2D eigenvalue weighted by molar-refractivity contribution is -0.385. The van der Waals surface area contributed by atoms with Crippen LogP contribution in [0.15, 0.2) is 60.1 Å². The standard InChI is InChI=1S/C19H14N4O3S/c24-18(9-12-5-1-4-8-17(12)23(25)26)22-19-21-16(11-27-19)14-10-20-15-7-3-2-6-13(14)15/h1-8,10-11,20H,9H2,(H,21,22,24). The first-order valence-corrected chi connectivity index (χ1v) is 9.04. The molecule has 7 nitrogen and oxygen atoms in total. The molecule has 2 N–H and O–H groups in total. The number of rotatable bonds is 5. The molecule has 4 rings (SSSR count). The largest absolute Gasteiger partial charge is 0.360 e. The molecule has 0 saturated heterocycles. The zero-order valence-corrected chi connectivity index (χ0v) is 14.8. The van der Waals surface area contributed by atoms with Crippen LogP contribution in [0.2, 0.25) is 0 Å². The van der Waals surface area contributed by atoms with Crippen molar-refractivity contribution in [1.82, 2.24) is 9.97 Å². The molecule has 2 heterocycles. The van der Waals surface area contributed by atoms with Crippen molar-refractivity contribution >= 4 is 39.0 Å². The monoisotopic (exact) mass is 378 g/mol. The Hall–Kier alpha value is -3.52. The first-order valence-electron chi connectivity index (χ1n) is 8.16. The van der Waals surface area contributed by atoms with E-state index >= 15 is 0 Å². The third kappa shape index (κ3) is 3.42. The van der Waals surface area contributed by atoms with Crippen LogP contribution in [-0.4, -0.2) is 20.8 Å². The van der Waals surface area contributed by atoms with E-state index in [0.29, 0.717) is 10.7 Å². The van der Waals surface area contributed by atoms with Crippen LogP contribution in [0.5, 0.6) is 0 Å². The van der Waals surface area contributed by atoms with Gasteiger partial charge < -0.3 is 10.3 Å². The number of para-hydroxylation sites is 2. The van der Waals surface area contributed by atoms with Gasteiger partial charge in [0, 0.05) is 39.7 Å². The predicted molar refractivity (Wildman–Crippen MR) is 105 cm³/mol. The molecule has 0 aliphatic heterocycles. The molecule has 0 bridgehead atoms. The second-order valence-corrected chi connectivity index (χ2v) is 6.75. The molecule has 0 saturated carbocycles. The Balaban J connectivity index is 1.51. The normalized spacial score (nSPS) is 10.8. The number of aromatic nitrogens is 2. The van der Waals surface area contributed by atoms with Crippen LogP contribution in [0.25, 0.3) is 22.2 Å². The molecule has 1 amide bonds. The minimum atomic E-state index is -0.485. The topological polar surface area (TPSA) is 101 Å². The maximum absolute atomic E-state index is 12.3. The number of hydrogen-bond donors (Lipinski definition) is 2. The van der Waals surface area contributed by atoms with Gasteiger partial charge in [0.15, 0.2) is 5.13 Å². The summed E-state index contributed by atoms with van der Waals surface area (Å²) in [6, 6.07) is 14.1. The molecule has 0 aliphatic carbocycles. The first-order chi connectivity index (χ1) is 13.1. The Morgan fingerprint density at radius 2 is 1.96 bits per heavy atom. The molecule has 27 heavy (non-hydrogen) atoms. The minimum absolute atomic E-state index is 0.0636. The molecule has 134 valence electrons. The Morgan fingerprint density at radius 1 is 1.19 bits per heavy atom. The highest BCUT2D eigenvalue weighted by molar-refractivity contribution is 7.14. The van der Waals surface area contributed by atoms with Crippen LogP contribution in [0.4, 0.5) is 10.8 Å². The van der Waals surface area contributed by atoms with E-state index in [1.54, 1.807) is 18.2 Å². The summed E-state index contributed by atoms with van der Waals surface area (Å²) in [4.78, 5) is 30.5. The van der Waals surface area contributed by atoms with Crippen LogP contribution in [-0.2, 0) is 11.2 Å². The van der Waals surface area contributed by atoms with Crippen molar-refractivity contribution in [3.8, 4) is 11.3 Å². The fourth-order valence-electron chi connectivity index (χ4n) is 2.91. The summed E-state index contributed by atoms with van der Waals surface area (Å²) in [5, 5.41) is 17.2. The van der Waals surface area contributed by atoms with Gasteiger partial charge in [-0.1, -0.05) is 36.4 Å². The van der Waals surface area contributed by atoms with Gasteiger partial charge in [-0.15, -0.1) is 11.3 Å². The number of H-pyrrole nitrogens is 1. The Morgan fingerprint density at radius 3 is 2.81 bits per heavy atom. The van der Waals surface area contributed by atoms with E-state index in [4.69, 9.17) is 0 Å². The van der Waals surface area contributed by atoms with E-state index in [0.717, 1.165) is 22.2 Å². The van der Waals surface area contributed by atoms with Gasteiger partial charge in [-0.2, -0.15) is 0 Å². The fourth-order valence-corrected chi connectivity index (χ4v) is 3.64. The van der Waals surface area contributed by atoms with Crippen LogP contribution < -0.4 is 5.32 Å². The first kappa shape index (κ1) is 16.9. The van der Waals surface area contributed by atoms with Gasteiger partial charge >= 0.3 is 0 Å². The number of benzene rings is 2. The van der Waals surface area contributed by atoms with E-state index < -0.39 is 4.92 Å². The molecule has 0 radical (unpaired) electrons. The van der Waals surface area contributed by atoms with E-state index in [1.807, 2.05) is 35.8 Å². The number of thiazole rings is 1. The maximum Gasteiger partial charge on any atom is 0.273 e. The van der Waals surface area contributed by atoms with Gasteiger partial charge in [-0.3, -0.25) is 14.9 Å². The minimum Gasteiger partial charge on any atom is -0.360 e. The molecule has 0 atom stereocenters. The van der Waals surface area contributed by atoms with Gasteiger partial charge in [0.1, 0.15) is 0 Å². The second-order valence-electron chi connectivity index (χ2n) is 5.90. The summed E-state index contributed by atoms with van der Waals surface area (Å²) in [5.74, 6) is -0.343. The number of nitro groups is 1. The fraction of sp³-hybridized carbons (Fsp3) is 0.0526. The number of amides is 1. The van der Waals surface area contributed by atoms with Crippen molar-refractivity contribution < 1.29 is 9.72 Å². The number of carbonyl (C=O) groups is 1. The SMILES string of the molecule is O=C(Cc1ccccc1[N+](=O)[O-])Nc1nc(-c2c[nH]c3ccccc23)cs1. The third-order valence-corrected chi connectivity index (χ3v) is 4.91. The highest BCUT2D eigenvalue weighted by Crippen LogP contribution is 2.31. The lowest BCUT2D eigenvalue weighted by atomic mass is 10.1. The number of anilines is 1. The highest BCUT2D eigenvalue weighted by atomic mass is 32.1. The van der Waals surface area contributed by atoms with Gasteiger partial charge in [0.2, 0.25) is 5.91 Å². The molecule has 4 aromatic rings. The number of nitrogens with one attached hydrogen (secondary N) is 2. The molecule has 2 aromatic carbocycles. The van der Waals surface area contributed by atoms with Crippen LogP contribution in [0.3, 0.4) is 0 Å². The van der Waals surface area contributed by atoms with Crippen molar-refractivity contribution in [2.24, 2.45) is 0 Å². The van der Waals surface area contributed by atoms with Crippen molar-refractivity contribution in [2.45, 2.75) is 6.42 Å². The number of nitrogens with zero attached hydrogens (tertiary/aromatic N) is 2. The zero-order valence-electron chi connectivity index (χ0n) is 14.0. The maximum atomic E-state index is 12.3. The molecule has 2 aromatic heterocycles. The van der Waals surface area contributed by atoms with Crippen molar-refractivity contribution in [2.75, 3.05) is 5.32 Å². The number of hydrogen-bond acceptors (Lipinski definition) is 5. The molecule has 0 unspecified atom stereocenters. The number of nitro benzene ring substituents is 1. The summed E-state index contributed by atoms with van der Waals surface area (Å²) in [5.41, 5.74) is 3.04. The molecule has 0 spiro atoms. The molecule has 8 heteroatoms. The number of carbonyl (C=O) groups excluding carboxylic acids is 1. The second kappa shape index (κ2) is 7.00. The molecular weight excluding hydrogens is 364 g/mol. The summed E-state index contributed by atoms with van der Waals surface area (Å²) in [6.07, 6.45) is 1.80. The van der Waals surface area contributed by atoms with E-state index in [-0.39, 0.29) is 18.0 Å².